The van der Waals surface area contributed by atoms with Crippen LogP contribution in [0.3, 0.4) is 0 Å². The summed E-state index contributed by atoms with van der Waals surface area (Å²) in [6.07, 6.45) is 3.88. The first kappa shape index (κ1) is 11.0. The van der Waals surface area contributed by atoms with Crippen LogP contribution in [0.2, 0.25) is 10.0 Å². The Kier molecular flexibility index (Phi) is 3.67. The van der Waals surface area contributed by atoms with Crippen LogP contribution < -0.4 is 10.1 Å². The van der Waals surface area contributed by atoms with Gasteiger partial charge in [-0.3, -0.25) is 0 Å². The van der Waals surface area contributed by atoms with Crippen molar-refractivity contribution >= 4 is 23.2 Å². The molecule has 1 fully saturated rings. The first-order valence-corrected chi connectivity index (χ1v) is 5.68. The molecule has 1 aliphatic heterocycles. The van der Waals surface area contributed by atoms with E-state index in [1.54, 1.807) is 6.07 Å². The van der Waals surface area contributed by atoms with Gasteiger partial charge in [-0.25, -0.2) is 4.98 Å². The lowest BCUT2D eigenvalue weighted by Gasteiger charge is -2.12. The predicted molar refractivity (Wildman–Crippen MR) is 60.8 cm³/mol. The Labute approximate surface area is 98.7 Å². The number of pyridine rings is 1. The standard InChI is InChI=1S/C10H12Cl2N2O/c11-7-4-9(12)10(14-5-7)15-6-8-2-1-3-13-8/h4-5,8,13H,1-3,6H2. The molecule has 1 atom stereocenters. The van der Waals surface area contributed by atoms with Gasteiger partial charge < -0.3 is 10.1 Å². The molecule has 0 amide bonds. The van der Waals surface area contributed by atoms with Gasteiger partial charge >= 0.3 is 0 Å². The molecule has 1 aliphatic rings. The zero-order valence-corrected chi connectivity index (χ0v) is 9.68. The second-order valence-corrected chi connectivity index (χ2v) is 4.39. The van der Waals surface area contributed by atoms with Gasteiger partial charge in [-0.1, -0.05) is 23.2 Å². The molecule has 1 unspecified atom stereocenters. The highest BCUT2D eigenvalue weighted by Gasteiger charge is 2.15. The molecule has 1 aromatic heterocycles. The lowest BCUT2D eigenvalue weighted by atomic mass is 10.2. The quantitative estimate of drug-likeness (QED) is 0.891. The van der Waals surface area contributed by atoms with Gasteiger partial charge in [-0.2, -0.15) is 0 Å². The maximum atomic E-state index is 5.92. The fraction of sp³-hybridized carbons (Fsp3) is 0.500. The van der Waals surface area contributed by atoms with Crippen LogP contribution in [0.15, 0.2) is 12.3 Å². The molecular formula is C10H12Cl2N2O. The van der Waals surface area contributed by atoms with E-state index in [2.05, 4.69) is 10.3 Å². The third-order valence-corrected chi connectivity index (χ3v) is 2.84. The van der Waals surface area contributed by atoms with Crippen LogP contribution in [-0.2, 0) is 0 Å². The van der Waals surface area contributed by atoms with E-state index in [9.17, 15) is 0 Å². The zero-order chi connectivity index (χ0) is 10.7. The fourth-order valence-electron chi connectivity index (χ4n) is 1.59. The molecule has 2 heterocycles. The molecule has 0 aliphatic carbocycles. The third kappa shape index (κ3) is 2.97. The first-order chi connectivity index (χ1) is 7.25. The van der Waals surface area contributed by atoms with E-state index in [1.807, 2.05) is 0 Å². The third-order valence-electron chi connectivity index (χ3n) is 2.36. The van der Waals surface area contributed by atoms with Crippen LogP contribution in [0, 0.1) is 0 Å². The molecule has 1 saturated heterocycles. The molecule has 15 heavy (non-hydrogen) atoms. The number of nitrogens with zero attached hydrogens (tertiary/aromatic N) is 1. The van der Waals surface area contributed by atoms with E-state index >= 15 is 0 Å². The molecule has 0 aromatic carbocycles. The predicted octanol–water partition coefficient (Wildman–Crippen LogP) is 2.52. The van der Waals surface area contributed by atoms with Crippen molar-refractivity contribution in [2.75, 3.05) is 13.2 Å². The van der Waals surface area contributed by atoms with E-state index in [-0.39, 0.29) is 0 Å². The zero-order valence-electron chi connectivity index (χ0n) is 8.17. The van der Waals surface area contributed by atoms with E-state index in [4.69, 9.17) is 27.9 Å². The highest BCUT2D eigenvalue weighted by atomic mass is 35.5. The molecule has 5 heteroatoms. The number of ether oxygens (including phenoxy) is 1. The Morgan fingerprint density at radius 1 is 1.53 bits per heavy atom. The van der Waals surface area contributed by atoms with E-state index in [0.717, 1.165) is 13.0 Å². The molecule has 3 nitrogen and oxygen atoms in total. The number of hydrogen-bond donors (Lipinski definition) is 1. The lowest BCUT2D eigenvalue weighted by molar-refractivity contribution is 0.268. The van der Waals surface area contributed by atoms with Crippen molar-refractivity contribution in [3.63, 3.8) is 0 Å². The molecule has 0 spiro atoms. The number of rotatable bonds is 3. The van der Waals surface area contributed by atoms with Crippen LogP contribution >= 0.6 is 23.2 Å². The monoisotopic (exact) mass is 246 g/mol. The largest absolute Gasteiger partial charge is 0.475 e. The van der Waals surface area contributed by atoms with Gasteiger partial charge in [0.15, 0.2) is 0 Å². The lowest BCUT2D eigenvalue weighted by Crippen LogP contribution is -2.28. The average molecular weight is 247 g/mol. The van der Waals surface area contributed by atoms with Crippen LogP contribution in [0.1, 0.15) is 12.8 Å². The Balaban J connectivity index is 1.92. The van der Waals surface area contributed by atoms with Gasteiger partial charge in [-0.05, 0) is 25.5 Å². The summed E-state index contributed by atoms with van der Waals surface area (Å²) in [5.41, 5.74) is 0. The summed E-state index contributed by atoms with van der Waals surface area (Å²) in [4.78, 5) is 4.02. The maximum Gasteiger partial charge on any atom is 0.232 e. The van der Waals surface area contributed by atoms with E-state index < -0.39 is 0 Å². The molecule has 0 saturated carbocycles. The summed E-state index contributed by atoms with van der Waals surface area (Å²) in [5, 5.41) is 4.31. The molecular weight excluding hydrogens is 235 g/mol. The highest BCUT2D eigenvalue weighted by Crippen LogP contribution is 2.24. The Morgan fingerprint density at radius 2 is 2.40 bits per heavy atom. The van der Waals surface area contributed by atoms with Crippen molar-refractivity contribution in [3.8, 4) is 5.88 Å². The summed E-state index contributed by atoms with van der Waals surface area (Å²) in [6, 6.07) is 2.05. The van der Waals surface area contributed by atoms with Gasteiger partial charge in [0.05, 0.1) is 5.02 Å². The van der Waals surface area contributed by atoms with Gasteiger partial charge in [0.2, 0.25) is 5.88 Å². The maximum absolute atomic E-state index is 5.92. The van der Waals surface area contributed by atoms with Crippen molar-refractivity contribution in [3.05, 3.63) is 22.3 Å². The molecule has 2 rings (SSSR count). The van der Waals surface area contributed by atoms with Gasteiger partial charge in [0.25, 0.3) is 0 Å². The minimum atomic E-state index is 0.415. The molecule has 82 valence electrons. The summed E-state index contributed by atoms with van der Waals surface area (Å²) < 4.78 is 5.51. The van der Waals surface area contributed by atoms with Gasteiger partial charge in [0.1, 0.15) is 11.6 Å². The summed E-state index contributed by atoms with van der Waals surface area (Å²) in [5.74, 6) is 0.453. The van der Waals surface area contributed by atoms with Gasteiger partial charge in [-0.15, -0.1) is 0 Å². The minimum Gasteiger partial charge on any atom is -0.475 e. The molecule has 0 bridgehead atoms. The highest BCUT2D eigenvalue weighted by molar-refractivity contribution is 6.35. The second kappa shape index (κ2) is 5.01. The average Bonchev–Trinajstić information content (AvgIpc) is 2.69. The van der Waals surface area contributed by atoms with Crippen molar-refractivity contribution in [2.45, 2.75) is 18.9 Å². The first-order valence-electron chi connectivity index (χ1n) is 4.93. The van der Waals surface area contributed by atoms with Crippen molar-refractivity contribution in [2.24, 2.45) is 0 Å². The van der Waals surface area contributed by atoms with Crippen molar-refractivity contribution < 1.29 is 4.74 Å². The van der Waals surface area contributed by atoms with Crippen LogP contribution in [0.4, 0.5) is 0 Å². The van der Waals surface area contributed by atoms with E-state index in [0.29, 0.717) is 28.6 Å². The molecule has 1 aromatic rings. The number of aromatic nitrogens is 1. The second-order valence-electron chi connectivity index (χ2n) is 3.54. The molecule has 1 N–H and O–H groups in total. The van der Waals surface area contributed by atoms with Crippen LogP contribution in [0.5, 0.6) is 5.88 Å². The molecule has 0 radical (unpaired) electrons. The van der Waals surface area contributed by atoms with Crippen LogP contribution in [0.25, 0.3) is 0 Å². The fourth-order valence-corrected chi connectivity index (χ4v) is 2.02. The summed E-state index contributed by atoms with van der Waals surface area (Å²) >= 11 is 11.7. The number of halogens is 2. The Bertz CT molecular complexity index is 340. The van der Waals surface area contributed by atoms with E-state index in [1.165, 1.54) is 12.6 Å². The minimum absolute atomic E-state index is 0.415. The summed E-state index contributed by atoms with van der Waals surface area (Å²) in [7, 11) is 0. The van der Waals surface area contributed by atoms with Crippen molar-refractivity contribution in [1.29, 1.82) is 0 Å². The van der Waals surface area contributed by atoms with Crippen LogP contribution in [-0.4, -0.2) is 24.2 Å². The van der Waals surface area contributed by atoms with Gasteiger partial charge in [0, 0.05) is 12.2 Å². The number of nitrogens with one attached hydrogen (secondary N) is 1. The normalized spacial score (nSPS) is 20.5. The summed E-state index contributed by atoms with van der Waals surface area (Å²) in [6.45, 7) is 1.67. The Hall–Kier alpha value is -0.510. The number of hydrogen-bond acceptors (Lipinski definition) is 3. The Morgan fingerprint density at radius 3 is 3.07 bits per heavy atom. The smallest absolute Gasteiger partial charge is 0.232 e. The topological polar surface area (TPSA) is 34.1 Å². The SMILES string of the molecule is Clc1cnc(OCC2CCCN2)c(Cl)c1. The van der Waals surface area contributed by atoms with Crippen molar-refractivity contribution in [1.82, 2.24) is 10.3 Å².